The molecule has 0 radical (unpaired) electrons. The number of aromatic nitrogens is 1. The monoisotopic (exact) mass is 463 g/mol. The molecule has 1 aromatic rings. The van der Waals surface area contributed by atoms with E-state index in [4.69, 9.17) is 18.9 Å². The van der Waals surface area contributed by atoms with Gasteiger partial charge >= 0.3 is 6.09 Å². The molecule has 1 aromatic heterocycles. The molecule has 3 heterocycles. The van der Waals surface area contributed by atoms with Crippen LogP contribution < -0.4 is 0 Å². The Labute approximate surface area is 192 Å². The average Bonchev–Trinajstić information content (AvgIpc) is 3.04. The SMILES string of the molecule is CC(C)(C)[S+]([O-])N=C1c2ccc(COC3CCCCO3)nc2CC12CCN(C(=O)O)CC2. The normalized spacial score (nSPS) is 25.2. The topological polar surface area (TPSA) is 107 Å². The number of nitrogens with zero attached hydrogens (tertiary/aromatic N) is 3. The highest BCUT2D eigenvalue weighted by Crippen LogP contribution is 2.45. The Kier molecular flexibility index (Phi) is 6.81. The third kappa shape index (κ3) is 4.95. The fourth-order valence-corrected chi connectivity index (χ4v) is 5.33. The lowest BCUT2D eigenvalue weighted by atomic mass is 9.75. The van der Waals surface area contributed by atoms with Crippen LogP contribution in [-0.2, 0) is 33.9 Å². The van der Waals surface area contributed by atoms with Crippen molar-refractivity contribution >= 4 is 23.2 Å². The van der Waals surface area contributed by atoms with Gasteiger partial charge in [0.2, 0.25) is 0 Å². The number of hydrogen-bond donors (Lipinski definition) is 1. The fraction of sp³-hybridized carbons (Fsp3) is 0.696. The highest BCUT2D eigenvalue weighted by Gasteiger charge is 2.48. The number of likely N-dealkylation sites (tertiary alicyclic amines) is 1. The maximum Gasteiger partial charge on any atom is 0.407 e. The number of piperidine rings is 1. The molecule has 9 heteroatoms. The average molecular weight is 464 g/mol. The third-order valence-corrected chi connectivity index (χ3v) is 7.94. The highest BCUT2D eigenvalue weighted by molar-refractivity contribution is 7.91. The summed E-state index contributed by atoms with van der Waals surface area (Å²) in [6, 6.07) is 3.96. The second kappa shape index (κ2) is 9.29. The van der Waals surface area contributed by atoms with Crippen molar-refractivity contribution < 1.29 is 23.9 Å². The maximum absolute atomic E-state index is 12.9. The van der Waals surface area contributed by atoms with Crippen LogP contribution >= 0.6 is 0 Å². The molecule has 176 valence electrons. The third-order valence-electron chi connectivity index (χ3n) is 6.54. The standard InChI is InChI=1S/C23H33N3O5S/c1-22(2,3)32(29)25-20-17-8-7-16(15-31-19-6-4-5-13-30-19)24-18(17)14-23(20)9-11-26(12-10-23)21(27)28/h7-8,19H,4-6,9-15H2,1-3H3,(H,27,28). The zero-order valence-corrected chi connectivity index (χ0v) is 19.9. The van der Waals surface area contributed by atoms with E-state index in [0.29, 0.717) is 39.0 Å². The predicted molar refractivity (Wildman–Crippen MR) is 122 cm³/mol. The van der Waals surface area contributed by atoms with Crippen LogP contribution in [-0.4, -0.2) is 62.1 Å². The summed E-state index contributed by atoms with van der Waals surface area (Å²) in [6.07, 6.45) is 4.02. The summed E-state index contributed by atoms with van der Waals surface area (Å²) in [5, 5.41) is 9.37. The molecule has 2 fully saturated rings. The molecule has 2 atom stereocenters. The van der Waals surface area contributed by atoms with Gasteiger partial charge in [-0.15, -0.1) is 0 Å². The van der Waals surface area contributed by atoms with Crippen LogP contribution in [0.4, 0.5) is 4.79 Å². The summed E-state index contributed by atoms with van der Waals surface area (Å²) in [5.41, 5.74) is 3.21. The molecule has 0 bridgehead atoms. The van der Waals surface area contributed by atoms with Crippen LogP contribution in [0.1, 0.15) is 69.8 Å². The Morgan fingerprint density at radius 2 is 2.12 bits per heavy atom. The minimum Gasteiger partial charge on any atom is -0.591 e. The molecule has 1 aliphatic carbocycles. The highest BCUT2D eigenvalue weighted by atomic mass is 32.2. The van der Waals surface area contributed by atoms with E-state index in [1.165, 1.54) is 4.90 Å². The van der Waals surface area contributed by atoms with E-state index in [-0.39, 0.29) is 11.7 Å². The van der Waals surface area contributed by atoms with Gasteiger partial charge in [0.1, 0.15) is 21.8 Å². The minimum absolute atomic E-state index is 0.170. The molecule has 32 heavy (non-hydrogen) atoms. The summed E-state index contributed by atoms with van der Waals surface area (Å²) in [7, 11) is 0. The number of pyridine rings is 1. The molecule has 8 nitrogen and oxygen atoms in total. The lowest BCUT2D eigenvalue weighted by Crippen LogP contribution is -2.45. The quantitative estimate of drug-likeness (QED) is 0.683. The molecular weight excluding hydrogens is 430 g/mol. The summed E-state index contributed by atoms with van der Waals surface area (Å²) >= 11 is -1.40. The van der Waals surface area contributed by atoms with Crippen molar-refractivity contribution in [1.82, 2.24) is 9.88 Å². The Morgan fingerprint density at radius 1 is 1.38 bits per heavy atom. The van der Waals surface area contributed by atoms with Crippen molar-refractivity contribution in [2.75, 3.05) is 19.7 Å². The van der Waals surface area contributed by atoms with Gasteiger partial charge in [0.05, 0.1) is 18.0 Å². The molecular formula is C23H33N3O5S. The molecule has 3 aliphatic rings. The summed E-state index contributed by atoms with van der Waals surface area (Å²) in [5.74, 6) is 0. The minimum atomic E-state index is -1.40. The Bertz CT molecular complexity index is 871. The van der Waals surface area contributed by atoms with Gasteiger partial charge in [-0.05, 0) is 65.0 Å². The van der Waals surface area contributed by atoms with Crippen molar-refractivity contribution in [1.29, 1.82) is 0 Å². The van der Waals surface area contributed by atoms with Crippen molar-refractivity contribution in [3.05, 3.63) is 29.1 Å². The van der Waals surface area contributed by atoms with Crippen molar-refractivity contribution in [2.45, 2.75) is 76.9 Å². The van der Waals surface area contributed by atoms with Gasteiger partial charge in [-0.25, -0.2) is 4.79 Å². The lowest BCUT2D eigenvalue weighted by Gasteiger charge is -2.38. The molecule has 2 saturated heterocycles. The maximum atomic E-state index is 12.9. The fourth-order valence-electron chi connectivity index (χ4n) is 4.59. The van der Waals surface area contributed by atoms with Gasteiger partial charge in [0.25, 0.3) is 0 Å². The second-order valence-electron chi connectivity index (χ2n) is 9.93. The van der Waals surface area contributed by atoms with Crippen LogP contribution in [0.15, 0.2) is 16.5 Å². The van der Waals surface area contributed by atoms with Crippen LogP contribution in [0.3, 0.4) is 0 Å². The number of carboxylic acid groups (broad SMARTS) is 1. The summed E-state index contributed by atoms with van der Waals surface area (Å²) < 4.78 is 28.7. The van der Waals surface area contributed by atoms with Gasteiger partial charge < -0.3 is 24.0 Å². The van der Waals surface area contributed by atoms with Gasteiger partial charge in [-0.1, -0.05) is 4.40 Å². The van der Waals surface area contributed by atoms with Crippen molar-refractivity contribution in [3.8, 4) is 0 Å². The zero-order chi connectivity index (χ0) is 22.9. The number of hydrogen-bond acceptors (Lipinski definition) is 6. The number of carbonyl (C=O) groups is 1. The first-order valence-corrected chi connectivity index (χ1v) is 12.5. The largest absolute Gasteiger partial charge is 0.591 e. The predicted octanol–water partition coefficient (Wildman–Crippen LogP) is 3.69. The van der Waals surface area contributed by atoms with E-state index < -0.39 is 22.2 Å². The van der Waals surface area contributed by atoms with E-state index in [1.54, 1.807) is 0 Å². The zero-order valence-electron chi connectivity index (χ0n) is 19.1. The Balaban J connectivity index is 1.58. The van der Waals surface area contributed by atoms with E-state index >= 15 is 0 Å². The van der Waals surface area contributed by atoms with Gasteiger partial charge in [-0.2, -0.15) is 0 Å². The summed E-state index contributed by atoms with van der Waals surface area (Å²) in [6.45, 7) is 7.75. The Morgan fingerprint density at radius 3 is 2.75 bits per heavy atom. The van der Waals surface area contributed by atoms with Crippen LogP contribution in [0.5, 0.6) is 0 Å². The van der Waals surface area contributed by atoms with Gasteiger partial charge in [0.15, 0.2) is 6.29 Å². The molecule has 2 aliphatic heterocycles. The lowest BCUT2D eigenvalue weighted by molar-refractivity contribution is -0.169. The van der Waals surface area contributed by atoms with Crippen LogP contribution in [0, 0.1) is 5.41 Å². The van der Waals surface area contributed by atoms with E-state index in [2.05, 4.69) is 0 Å². The van der Waals surface area contributed by atoms with Crippen LogP contribution in [0.2, 0.25) is 0 Å². The molecule has 1 spiro atoms. The molecule has 1 amide bonds. The van der Waals surface area contributed by atoms with Crippen molar-refractivity contribution in [3.63, 3.8) is 0 Å². The molecule has 4 rings (SSSR count). The van der Waals surface area contributed by atoms with Crippen LogP contribution in [0.25, 0.3) is 0 Å². The Hall–Kier alpha value is -1.68. The number of amides is 1. The molecule has 1 N–H and O–H groups in total. The molecule has 0 aromatic carbocycles. The smallest absolute Gasteiger partial charge is 0.407 e. The number of ether oxygens (including phenoxy) is 2. The van der Waals surface area contributed by atoms with E-state index in [0.717, 1.165) is 48.5 Å². The van der Waals surface area contributed by atoms with E-state index in [9.17, 15) is 14.5 Å². The second-order valence-corrected chi connectivity index (χ2v) is 11.8. The van der Waals surface area contributed by atoms with Gasteiger partial charge in [-0.3, -0.25) is 4.98 Å². The first-order valence-electron chi connectivity index (χ1n) is 11.4. The van der Waals surface area contributed by atoms with E-state index in [1.807, 2.05) is 32.9 Å². The summed E-state index contributed by atoms with van der Waals surface area (Å²) in [4.78, 5) is 17.7. The molecule has 2 unspecified atom stereocenters. The first-order chi connectivity index (χ1) is 15.2. The van der Waals surface area contributed by atoms with Crippen molar-refractivity contribution in [2.24, 2.45) is 9.81 Å². The van der Waals surface area contributed by atoms with Gasteiger partial charge in [0, 0.05) is 37.1 Å². The first kappa shape index (κ1) is 23.5. The number of rotatable bonds is 4. The number of fused-ring (bicyclic) bond motifs is 1. The molecule has 0 saturated carbocycles.